The molecule has 0 saturated heterocycles. The zero-order chi connectivity index (χ0) is 26.8. The number of nitrogens with one attached hydrogen (secondary N) is 1. The third-order valence-electron chi connectivity index (χ3n) is 5.79. The van der Waals surface area contributed by atoms with Crippen LogP contribution in [0.2, 0.25) is 0 Å². The summed E-state index contributed by atoms with van der Waals surface area (Å²) in [6.07, 6.45) is 1.76. The first-order chi connectivity index (χ1) is 17.7. The molecule has 1 N–H and O–H groups in total. The van der Waals surface area contributed by atoms with Crippen molar-refractivity contribution in [2.75, 3.05) is 19.3 Å². The molecule has 0 unspecified atom stereocenters. The highest BCUT2D eigenvalue weighted by atomic mass is 32.2. The Morgan fingerprint density at radius 1 is 0.865 bits per heavy atom. The Balaban J connectivity index is 2.00. The van der Waals surface area contributed by atoms with Gasteiger partial charge in [-0.25, -0.2) is 12.8 Å². The highest BCUT2D eigenvalue weighted by Crippen LogP contribution is 2.25. The SMILES string of the molecule is CCCNC(=O)[C@@H](c1ccccc1)N(Cc1ccc(F)cc1)C(=O)CN(Cc1ccccc1)S(C)(=O)=O. The van der Waals surface area contributed by atoms with Gasteiger partial charge in [-0.15, -0.1) is 0 Å². The quantitative estimate of drug-likeness (QED) is 0.389. The average Bonchev–Trinajstić information content (AvgIpc) is 2.88. The number of amides is 2. The predicted molar refractivity (Wildman–Crippen MR) is 141 cm³/mol. The van der Waals surface area contributed by atoms with Gasteiger partial charge in [0.2, 0.25) is 21.8 Å². The van der Waals surface area contributed by atoms with Crippen LogP contribution in [0.25, 0.3) is 0 Å². The van der Waals surface area contributed by atoms with E-state index in [2.05, 4.69) is 5.32 Å². The van der Waals surface area contributed by atoms with E-state index in [1.165, 1.54) is 17.0 Å². The number of carbonyl (C=O) groups excluding carboxylic acids is 2. The number of hydrogen-bond donors (Lipinski definition) is 1. The van der Waals surface area contributed by atoms with E-state index in [9.17, 15) is 22.4 Å². The van der Waals surface area contributed by atoms with Gasteiger partial charge >= 0.3 is 0 Å². The summed E-state index contributed by atoms with van der Waals surface area (Å²) in [5.41, 5.74) is 1.92. The second kappa shape index (κ2) is 13.1. The normalized spacial score (nSPS) is 12.2. The highest BCUT2D eigenvalue weighted by Gasteiger charge is 2.33. The summed E-state index contributed by atoms with van der Waals surface area (Å²) in [6.45, 7) is 1.88. The van der Waals surface area contributed by atoms with Gasteiger partial charge < -0.3 is 10.2 Å². The summed E-state index contributed by atoms with van der Waals surface area (Å²) in [6, 6.07) is 22.5. The third kappa shape index (κ3) is 8.23. The molecule has 0 saturated carbocycles. The van der Waals surface area contributed by atoms with Gasteiger partial charge in [-0.05, 0) is 35.2 Å². The molecule has 0 aromatic heterocycles. The van der Waals surface area contributed by atoms with Crippen LogP contribution >= 0.6 is 0 Å². The van der Waals surface area contributed by atoms with Crippen LogP contribution in [-0.4, -0.2) is 48.8 Å². The number of rotatable bonds is 12. The molecule has 9 heteroatoms. The van der Waals surface area contributed by atoms with E-state index in [4.69, 9.17) is 0 Å². The van der Waals surface area contributed by atoms with E-state index in [-0.39, 0.29) is 19.0 Å². The number of nitrogens with zero attached hydrogens (tertiary/aromatic N) is 2. The minimum Gasteiger partial charge on any atom is -0.354 e. The van der Waals surface area contributed by atoms with Crippen LogP contribution < -0.4 is 5.32 Å². The standard InChI is InChI=1S/C28H32FN3O4S/c1-3-18-30-28(34)27(24-12-8-5-9-13-24)32(20-23-14-16-25(29)17-15-23)26(33)21-31(37(2,35)36)19-22-10-6-4-7-11-22/h4-17,27H,3,18-21H2,1-2H3,(H,30,34)/t27-/m1/s1. The van der Waals surface area contributed by atoms with E-state index >= 15 is 0 Å². The first kappa shape index (κ1) is 28.0. The number of benzene rings is 3. The molecule has 3 rings (SSSR count). The summed E-state index contributed by atoms with van der Waals surface area (Å²) < 4.78 is 39.9. The first-order valence-corrected chi connectivity index (χ1v) is 13.9. The molecule has 0 spiro atoms. The lowest BCUT2D eigenvalue weighted by Gasteiger charge is -2.33. The van der Waals surface area contributed by atoms with Crippen molar-refractivity contribution in [3.05, 3.63) is 107 Å². The number of hydrogen-bond acceptors (Lipinski definition) is 4. The lowest BCUT2D eigenvalue weighted by atomic mass is 10.0. The second-order valence-electron chi connectivity index (χ2n) is 8.77. The molecule has 0 bridgehead atoms. The summed E-state index contributed by atoms with van der Waals surface area (Å²) in [5.74, 6) is -1.35. The molecule has 196 valence electrons. The van der Waals surface area contributed by atoms with Gasteiger partial charge in [0.05, 0.1) is 12.8 Å². The topological polar surface area (TPSA) is 86.8 Å². The fraction of sp³-hybridized carbons (Fsp3) is 0.286. The first-order valence-electron chi connectivity index (χ1n) is 12.0. The Labute approximate surface area is 218 Å². The van der Waals surface area contributed by atoms with Crippen molar-refractivity contribution in [2.45, 2.75) is 32.5 Å². The summed E-state index contributed by atoms with van der Waals surface area (Å²) in [4.78, 5) is 28.5. The third-order valence-corrected chi connectivity index (χ3v) is 6.99. The minimum absolute atomic E-state index is 0.00777. The zero-order valence-electron chi connectivity index (χ0n) is 21.0. The fourth-order valence-electron chi connectivity index (χ4n) is 3.88. The lowest BCUT2D eigenvalue weighted by molar-refractivity contribution is -0.141. The molecule has 3 aromatic rings. The monoisotopic (exact) mass is 525 g/mol. The molecule has 7 nitrogen and oxygen atoms in total. The van der Waals surface area contributed by atoms with Crippen LogP contribution in [0.5, 0.6) is 0 Å². The van der Waals surface area contributed by atoms with Gasteiger partial charge in [-0.3, -0.25) is 9.59 Å². The molecular formula is C28H32FN3O4S. The summed E-state index contributed by atoms with van der Waals surface area (Å²) >= 11 is 0. The molecule has 0 aliphatic carbocycles. The molecular weight excluding hydrogens is 493 g/mol. The Kier molecular flexibility index (Phi) is 9.93. The van der Waals surface area contributed by atoms with E-state index in [0.717, 1.165) is 16.1 Å². The Morgan fingerprint density at radius 3 is 2.00 bits per heavy atom. The Bertz CT molecular complexity index is 1270. The van der Waals surface area contributed by atoms with Crippen LogP contribution in [0.15, 0.2) is 84.9 Å². The minimum atomic E-state index is -3.76. The number of sulfonamides is 1. The van der Waals surface area contributed by atoms with E-state index < -0.39 is 34.3 Å². The van der Waals surface area contributed by atoms with Crippen LogP contribution in [0, 0.1) is 5.82 Å². The maximum atomic E-state index is 13.8. The maximum absolute atomic E-state index is 13.8. The molecule has 37 heavy (non-hydrogen) atoms. The van der Waals surface area contributed by atoms with Crippen molar-refractivity contribution >= 4 is 21.8 Å². The largest absolute Gasteiger partial charge is 0.354 e. The molecule has 0 fully saturated rings. The van der Waals surface area contributed by atoms with Crippen molar-refractivity contribution in [1.82, 2.24) is 14.5 Å². The smallest absolute Gasteiger partial charge is 0.247 e. The van der Waals surface area contributed by atoms with Gasteiger partial charge in [0.1, 0.15) is 11.9 Å². The second-order valence-corrected chi connectivity index (χ2v) is 10.8. The number of halogens is 1. The van der Waals surface area contributed by atoms with Crippen LogP contribution in [0.4, 0.5) is 4.39 Å². The Morgan fingerprint density at radius 2 is 1.43 bits per heavy atom. The van der Waals surface area contributed by atoms with Gasteiger partial charge in [0.15, 0.2) is 0 Å². The average molecular weight is 526 g/mol. The molecule has 0 aliphatic rings. The molecule has 0 radical (unpaired) electrons. The Hall–Kier alpha value is -3.56. The zero-order valence-corrected chi connectivity index (χ0v) is 21.8. The van der Waals surface area contributed by atoms with Crippen LogP contribution in [-0.2, 0) is 32.7 Å². The molecule has 2 amide bonds. The summed E-state index contributed by atoms with van der Waals surface area (Å²) in [5, 5.41) is 2.86. The van der Waals surface area contributed by atoms with Gasteiger partial charge in [-0.2, -0.15) is 4.31 Å². The molecule has 0 aliphatic heterocycles. The van der Waals surface area contributed by atoms with Gasteiger partial charge in [0, 0.05) is 19.6 Å². The van der Waals surface area contributed by atoms with E-state index in [1.54, 1.807) is 60.7 Å². The van der Waals surface area contributed by atoms with Crippen molar-refractivity contribution in [2.24, 2.45) is 0 Å². The molecule has 0 heterocycles. The molecule has 3 aromatic carbocycles. The summed E-state index contributed by atoms with van der Waals surface area (Å²) in [7, 11) is -3.76. The van der Waals surface area contributed by atoms with Gasteiger partial charge in [0.25, 0.3) is 0 Å². The maximum Gasteiger partial charge on any atom is 0.247 e. The van der Waals surface area contributed by atoms with Crippen molar-refractivity contribution in [3.8, 4) is 0 Å². The fourth-order valence-corrected chi connectivity index (χ4v) is 4.61. The van der Waals surface area contributed by atoms with Gasteiger partial charge in [-0.1, -0.05) is 79.7 Å². The van der Waals surface area contributed by atoms with Crippen molar-refractivity contribution < 1.29 is 22.4 Å². The van der Waals surface area contributed by atoms with Crippen molar-refractivity contribution in [1.29, 1.82) is 0 Å². The van der Waals surface area contributed by atoms with E-state index in [0.29, 0.717) is 24.1 Å². The number of carbonyl (C=O) groups is 2. The lowest BCUT2D eigenvalue weighted by Crippen LogP contribution is -2.47. The highest BCUT2D eigenvalue weighted by molar-refractivity contribution is 7.88. The molecule has 1 atom stereocenters. The van der Waals surface area contributed by atoms with Crippen LogP contribution in [0.3, 0.4) is 0 Å². The van der Waals surface area contributed by atoms with Crippen LogP contribution in [0.1, 0.15) is 36.1 Å². The van der Waals surface area contributed by atoms with E-state index in [1.807, 2.05) is 19.1 Å². The predicted octanol–water partition coefficient (Wildman–Crippen LogP) is 3.88. The van der Waals surface area contributed by atoms with Crippen molar-refractivity contribution in [3.63, 3.8) is 0 Å².